The van der Waals surface area contributed by atoms with Gasteiger partial charge in [-0.1, -0.05) is 0 Å². The number of phenolic OH excluding ortho intramolecular Hbond substituents is 1. The number of rotatable bonds is 6. The highest BCUT2D eigenvalue weighted by atomic mass is 35.5. The Labute approximate surface area is 200 Å². The van der Waals surface area contributed by atoms with Gasteiger partial charge < -0.3 is 25.2 Å². The molecule has 0 spiro atoms. The third-order valence-corrected chi connectivity index (χ3v) is 6.50. The van der Waals surface area contributed by atoms with E-state index in [1.165, 1.54) is 0 Å². The number of aromatic hydroxyl groups is 1. The van der Waals surface area contributed by atoms with Crippen molar-refractivity contribution >= 4 is 24.1 Å². The number of hydrogen-bond donors (Lipinski definition) is 2. The van der Waals surface area contributed by atoms with Crippen LogP contribution in [-0.2, 0) is 14.3 Å². The maximum Gasteiger partial charge on any atom is 0.307 e. The summed E-state index contributed by atoms with van der Waals surface area (Å²) in [7, 11) is 0. The van der Waals surface area contributed by atoms with Crippen molar-refractivity contribution in [2.45, 2.75) is 58.2 Å². The van der Waals surface area contributed by atoms with Gasteiger partial charge in [0.1, 0.15) is 11.6 Å². The number of nitrogens with zero attached hydrogens (tertiary/aromatic N) is 1. The van der Waals surface area contributed by atoms with Crippen LogP contribution in [0, 0.1) is 19.7 Å². The number of anilines is 1. The van der Waals surface area contributed by atoms with Crippen molar-refractivity contribution in [2.75, 3.05) is 24.7 Å². The van der Waals surface area contributed by atoms with E-state index in [0.717, 1.165) is 24.1 Å². The van der Waals surface area contributed by atoms with E-state index in [2.05, 4.69) is 11.0 Å². The molecule has 0 aliphatic carbocycles. The van der Waals surface area contributed by atoms with E-state index in [1.54, 1.807) is 32.0 Å². The number of halogens is 2. The Hall–Kier alpha value is -2.35. The Morgan fingerprint density at radius 2 is 1.88 bits per heavy atom. The summed E-state index contributed by atoms with van der Waals surface area (Å²) in [5, 5.41) is 11.0. The molecule has 2 bridgehead atoms. The van der Waals surface area contributed by atoms with Gasteiger partial charge in [0.2, 0.25) is 0 Å². The second-order valence-electron chi connectivity index (χ2n) is 8.80. The SMILES string of the molecule is CCOC(=O)C[C@H](N)c1cc(-c2c(C)cc(N3C4CCC3COC4)cc2O)cc(C)c1F.Cl. The molecule has 0 saturated carbocycles. The standard InChI is InChI=1S/C25H31FN2O4.ClH/c1-4-32-23(30)11-21(27)20-9-16(7-15(3)25(20)26)24-14(2)8-19(10-22(24)29)28-17-5-6-18(28)13-31-12-17;/h7-10,17-18,21,29H,4-6,11-13,27H2,1-3H3;1H/t17?,18?,21-;/m0./s1. The predicted octanol–water partition coefficient (Wildman–Crippen LogP) is 4.56. The number of carbonyl (C=O) groups is 1. The first-order chi connectivity index (χ1) is 15.3. The van der Waals surface area contributed by atoms with E-state index in [-0.39, 0.29) is 36.7 Å². The molecule has 2 fully saturated rings. The number of hydrogen-bond acceptors (Lipinski definition) is 6. The average molecular weight is 479 g/mol. The van der Waals surface area contributed by atoms with Crippen LogP contribution in [-0.4, -0.2) is 43.0 Å². The van der Waals surface area contributed by atoms with Crippen LogP contribution in [0.1, 0.15) is 48.9 Å². The lowest BCUT2D eigenvalue weighted by atomic mass is 9.92. The van der Waals surface area contributed by atoms with Crippen LogP contribution in [0.5, 0.6) is 5.75 Å². The number of esters is 1. The summed E-state index contributed by atoms with van der Waals surface area (Å²) in [6, 6.07) is 7.03. The van der Waals surface area contributed by atoms with Gasteiger partial charge in [-0.2, -0.15) is 0 Å². The van der Waals surface area contributed by atoms with Gasteiger partial charge in [0.25, 0.3) is 0 Å². The number of aryl methyl sites for hydroxylation is 2. The van der Waals surface area contributed by atoms with Crippen LogP contribution in [0.25, 0.3) is 11.1 Å². The van der Waals surface area contributed by atoms with E-state index in [4.69, 9.17) is 15.2 Å². The monoisotopic (exact) mass is 478 g/mol. The molecule has 0 amide bonds. The number of benzene rings is 2. The molecule has 180 valence electrons. The molecule has 3 atom stereocenters. The molecule has 2 aliphatic rings. The molecule has 33 heavy (non-hydrogen) atoms. The van der Waals surface area contributed by atoms with Crippen molar-refractivity contribution in [3.05, 3.63) is 46.8 Å². The van der Waals surface area contributed by atoms with Gasteiger partial charge in [-0.05, 0) is 68.5 Å². The minimum atomic E-state index is -0.835. The maximum absolute atomic E-state index is 14.9. The minimum Gasteiger partial charge on any atom is -0.507 e. The molecule has 6 nitrogen and oxygen atoms in total. The van der Waals surface area contributed by atoms with E-state index >= 15 is 0 Å². The van der Waals surface area contributed by atoms with E-state index in [0.29, 0.717) is 42.0 Å². The number of morpholine rings is 1. The zero-order valence-electron chi connectivity index (χ0n) is 19.3. The van der Waals surface area contributed by atoms with Crippen LogP contribution in [0.2, 0.25) is 0 Å². The van der Waals surface area contributed by atoms with Gasteiger partial charge in [0.05, 0.1) is 38.3 Å². The third-order valence-electron chi connectivity index (χ3n) is 6.50. The highest BCUT2D eigenvalue weighted by Crippen LogP contribution is 2.42. The summed E-state index contributed by atoms with van der Waals surface area (Å²) < 4.78 is 25.5. The first-order valence-electron chi connectivity index (χ1n) is 11.2. The van der Waals surface area contributed by atoms with Crippen molar-refractivity contribution in [2.24, 2.45) is 5.73 Å². The molecule has 2 unspecified atom stereocenters. The van der Waals surface area contributed by atoms with Crippen molar-refractivity contribution < 1.29 is 23.8 Å². The Morgan fingerprint density at radius 3 is 2.48 bits per heavy atom. The molecule has 3 N–H and O–H groups in total. The third kappa shape index (κ3) is 4.95. The fraction of sp³-hybridized carbons (Fsp3) is 0.480. The highest BCUT2D eigenvalue weighted by molar-refractivity contribution is 5.85. The zero-order chi connectivity index (χ0) is 23.0. The molecule has 0 radical (unpaired) electrons. The summed E-state index contributed by atoms with van der Waals surface area (Å²) >= 11 is 0. The van der Waals surface area contributed by atoms with Gasteiger partial charge in [-0.25, -0.2) is 4.39 Å². The first-order valence-corrected chi connectivity index (χ1v) is 11.2. The van der Waals surface area contributed by atoms with Crippen LogP contribution in [0.15, 0.2) is 24.3 Å². The first kappa shape index (κ1) is 25.3. The highest BCUT2D eigenvalue weighted by Gasteiger charge is 2.37. The second-order valence-corrected chi connectivity index (χ2v) is 8.80. The molecule has 2 aromatic rings. The molecular formula is C25H32ClFN2O4. The molecule has 4 rings (SSSR count). The molecule has 2 aliphatic heterocycles. The molecule has 0 aromatic heterocycles. The van der Waals surface area contributed by atoms with Gasteiger partial charge in [-0.3, -0.25) is 4.79 Å². The Morgan fingerprint density at radius 1 is 1.21 bits per heavy atom. The normalized spacial score (nSPS) is 20.3. The van der Waals surface area contributed by atoms with Crippen molar-refractivity contribution in [3.8, 4) is 16.9 Å². The fourth-order valence-corrected chi connectivity index (χ4v) is 5.05. The van der Waals surface area contributed by atoms with Gasteiger partial charge in [0, 0.05) is 28.9 Å². The summed E-state index contributed by atoms with van der Waals surface area (Å²) in [4.78, 5) is 14.2. The van der Waals surface area contributed by atoms with Crippen LogP contribution in [0.3, 0.4) is 0 Å². The molecule has 8 heteroatoms. The number of nitrogens with two attached hydrogens (primary N) is 1. The Kier molecular flexibility index (Phi) is 7.88. The van der Waals surface area contributed by atoms with Crippen LogP contribution >= 0.6 is 12.4 Å². The summed E-state index contributed by atoms with van der Waals surface area (Å²) in [5.41, 5.74) is 9.99. The summed E-state index contributed by atoms with van der Waals surface area (Å²) in [6.45, 7) is 6.97. The Bertz CT molecular complexity index is 993. The number of ether oxygens (including phenoxy) is 2. The van der Waals surface area contributed by atoms with Crippen molar-refractivity contribution in [1.29, 1.82) is 0 Å². The molecule has 2 saturated heterocycles. The maximum atomic E-state index is 14.9. The quantitative estimate of drug-likeness (QED) is 0.592. The van der Waals surface area contributed by atoms with Gasteiger partial charge in [0.15, 0.2) is 0 Å². The fourth-order valence-electron chi connectivity index (χ4n) is 5.05. The van der Waals surface area contributed by atoms with E-state index < -0.39 is 17.8 Å². The van der Waals surface area contributed by atoms with Crippen molar-refractivity contribution in [1.82, 2.24) is 0 Å². The molecular weight excluding hydrogens is 447 g/mol. The average Bonchev–Trinajstić information content (AvgIpc) is 2.98. The lowest BCUT2D eigenvalue weighted by molar-refractivity contribution is -0.143. The van der Waals surface area contributed by atoms with Crippen LogP contribution in [0.4, 0.5) is 10.1 Å². The summed E-state index contributed by atoms with van der Waals surface area (Å²) in [6.07, 6.45) is 2.06. The topological polar surface area (TPSA) is 85.0 Å². The van der Waals surface area contributed by atoms with E-state index in [1.807, 2.05) is 6.92 Å². The lowest BCUT2D eigenvalue weighted by Gasteiger charge is -2.37. The molecule has 2 heterocycles. The predicted molar refractivity (Wildman–Crippen MR) is 129 cm³/mol. The zero-order valence-corrected chi connectivity index (χ0v) is 20.1. The van der Waals surface area contributed by atoms with Gasteiger partial charge >= 0.3 is 5.97 Å². The van der Waals surface area contributed by atoms with Crippen molar-refractivity contribution in [3.63, 3.8) is 0 Å². The minimum absolute atomic E-state index is 0. The van der Waals surface area contributed by atoms with E-state index in [9.17, 15) is 14.3 Å². The second kappa shape index (κ2) is 10.3. The van der Waals surface area contributed by atoms with Gasteiger partial charge in [-0.15, -0.1) is 12.4 Å². The number of phenols is 1. The van der Waals surface area contributed by atoms with Crippen LogP contribution < -0.4 is 10.6 Å². The molecule has 2 aromatic carbocycles. The number of fused-ring (bicyclic) bond motifs is 2. The summed E-state index contributed by atoms with van der Waals surface area (Å²) in [5.74, 6) is -0.767. The smallest absolute Gasteiger partial charge is 0.307 e. The lowest BCUT2D eigenvalue weighted by Crippen LogP contribution is -2.45. The number of carbonyl (C=O) groups excluding carboxylic acids is 1. The largest absolute Gasteiger partial charge is 0.507 e. The Balaban J connectivity index is 0.00000306.